The molecule has 0 spiro atoms. The van der Waals surface area contributed by atoms with Crippen LogP contribution in [0.5, 0.6) is 5.75 Å². The molecule has 0 bridgehead atoms. The van der Waals surface area contributed by atoms with E-state index in [4.69, 9.17) is 4.74 Å². The van der Waals surface area contributed by atoms with Crippen LogP contribution in [0.15, 0.2) is 40.9 Å². The van der Waals surface area contributed by atoms with Crippen molar-refractivity contribution in [2.24, 2.45) is 0 Å². The van der Waals surface area contributed by atoms with Crippen molar-refractivity contribution < 1.29 is 9.84 Å². The lowest BCUT2D eigenvalue weighted by molar-refractivity contribution is 0.218. The second kappa shape index (κ2) is 6.24. The lowest BCUT2D eigenvalue weighted by Gasteiger charge is -2.16. The van der Waals surface area contributed by atoms with Crippen molar-refractivity contribution in [2.75, 3.05) is 7.11 Å². The van der Waals surface area contributed by atoms with Gasteiger partial charge in [-0.25, -0.2) is 0 Å². The van der Waals surface area contributed by atoms with E-state index in [0.29, 0.717) is 0 Å². The molecule has 0 radical (unpaired) electrons. The Morgan fingerprint density at radius 2 is 1.95 bits per heavy atom. The van der Waals surface area contributed by atoms with Crippen molar-refractivity contribution in [3.8, 4) is 5.75 Å². The predicted molar refractivity (Wildman–Crippen MR) is 88.7 cm³/mol. The second-order valence-electron chi connectivity index (χ2n) is 4.27. The Kier molecular flexibility index (Phi) is 4.86. The van der Waals surface area contributed by atoms with Crippen molar-refractivity contribution in [1.29, 1.82) is 0 Å². The molecule has 1 N–H and O–H groups in total. The minimum atomic E-state index is -0.646. The van der Waals surface area contributed by atoms with Gasteiger partial charge in [-0.05, 0) is 58.3 Å². The first kappa shape index (κ1) is 14.8. The fourth-order valence-electron chi connectivity index (χ4n) is 1.91. The number of aryl methyl sites for hydroxylation is 1. The number of benzene rings is 2. The molecule has 0 aromatic heterocycles. The molecule has 2 nitrogen and oxygen atoms in total. The predicted octanol–water partition coefficient (Wildman–Crippen LogP) is 4.45. The van der Waals surface area contributed by atoms with Crippen LogP contribution < -0.4 is 4.74 Å². The molecule has 0 fully saturated rings. The van der Waals surface area contributed by atoms with Gasteiger partial charge in [0.1, 0.15) is 11.9 Å². The Labute approximate surface area is 135 Å². The molecule has 100 valence electrons. The normalized spacial score (nSPS) is 12.3. The fraction of sp³-hybridized carbons (Fsp3) is 0.200. The van der Waals surface area contributed by atoms with Gasteiger partial charge >= 0.3 is 0 Å². The van der Waals surface area contributed by atoms with Gasteiger partial charge in [-0.3, -0.25) is 0 Å². The summed E-state index contributed by atoms with van der Waals surface area (Å²) in [6.07, 6.45) is -0.646. The van der Waals surface area contributed by atoms with Gasteiger partial charge in [0.25, 0.3) is 0 Å². The lowest BCUT2D eigenvalue weighted by Crippen LogP contribution is -2.04. The minimum absolute atomic E-state index is 0.646. The average Bonchev–Trinajstić information content (AvgIpc) is 2.41. The van der Waals surface area contributed by atoms with Crippen LogP contribution in [-0.2, 0) is 0 Å². The summed E-state index contributed by atoms with van der Waals surface area (Å²) >= 11 is 5.76. The molecule has 2 rings (SSSR count). The van der Waals surface area contributed by atoms with E-state index in [0.717, 1.165) is 24.9 Å². The molecule has 0 heterocycles. The number of halogens is 2. The van der Waals surface area contributed by atoms with Crippen molar-refractivity contribution in [1.82, 2.24) is 0 Å². The maximum atomic E-state index is 10.6. The molecule has 0 amide bonds. The molecular formula is C15H14BrIO2. The van der Waals surface area contributed by atoms with E-state index >= 15 is 0 Å². The molecule has 4 heteroatoms. The third kappa shape index (κ3) is 3.12. The largest absolute Gasteiger partial charge is 0.497 e. The highest BCUT2D eigenvalue weighted by atomic mass is 127. The highest BCUT2D eigenvalue weighted by molar-refractivity contribution is 14.1. The fourth-order valence-corrected chi connectivity index (χ4v) is 3.13. The van der Waals surface area contributed by atoms with Gasteiger partial charge in [0, 0.05) is 8.04 Å². The van der Waals surface area contributed by atoms with Crippen molar-refractivity contribution in [3.05, 3.63) is 61.1 Å². The SMILES string of the molecule is COc1ccc(C(O)c2cccc(C)c2I)c(Br)c1. The zero-order valence-corrected chi connectivity index (χ0v) is 14.4. The number of ether oxygens (including phenoxy) is 1. The van der Waals surface area contributed by atoms with Crippen LogP contribution in [0.2, 0.25) is 0 Å². The Balaban J connectivity index is 2.44. The zero-order chi connectivity index (χ0) is 14.0. The summed E-state index contributed by atoms with van der Waals surface area (Å²) in [4.78, 5) is 0. The van der Waals surface area contributed by atoms with Gasteiger partial charge in [-0.1, -0.05) is 40.2 Å². The molecule has 0 saturated heterocycles. The van der Waals surface area contributed by atoms with Gasteiger partial charge in [0.05, 0.1) is 7.11 Å². The summed E-state index contributed by atoms with van der Waals surface area (Å²) in [5, 5.41) is 10.6. The smallest absolute Gasteiger partial charge is 0.120 e. The van der Waals surface area contributed by atoms with Gasteiger partial charge in [0.2, 0.25) is 0 Å². The summed E-state index contributed by atoms with van der Waals surface area (Å²) in [6.45, 7) is 2.04. The van der Waals surface area contributed by atoms with Crippen LogP contribution in [0.1, 0.15) is 22.8 Å². The highest BCUT2D eigenvalue weighted by Crippen LogP contribution is 2.33. The Hall–Kier alpha value is -0.590. The molecule has 2 aromatic rings. The Morgan fingerprint density at radius 1 is 1.21 bits per heavy atom. The maximum Gasteiger partial charge on any atom is 0.120 e. The van der Waals surface area contributed by atoms with Crippen molar-refractivity contribution in [3.63, 3.8) is 0 Å². The number of hydrogen-bond donors (Lipinski definition) is 1. The molecule has 0 aliphatic heterocycles. The molecule has 1 unspecified atom stereocenters. The second-order valence-corrected chi connectivity index (χ2v) is 6.20. The lowest BCUT2D eigenvalue weighted by atomic mass is 10.00. The Bertz CT molecular complexity index is 599. The van der Waals surface area contributed by atoms with Gasteiger partial charge in [-0.15, -0.1) is 0 Å². The first-order chi connectivity index (χ1) is 9.04. The van der Waals surface area contributed by atoms with E-state index in [2.05, 4.69) is 38.5 Å². The number of hydrogen-bond acceptors (Lipinski definition) is 2. The molecule has 0 aliphatic carbocycles. The molecule has 1 atom stereocenters. The number of aliphatic hydroxyl groups excluding tert-OH is 1. The van der Waals surface area contributed by atoms with E-state index in [1.807, 2.05) is 43.3 Å². The van der Waals surface area contributed by atoms with Crippen LogP contribution in [0.25, 0.3) is 0 Å². The Morgan fingerprint density at radius 3 is 2.58 bits per heavy atom. The van der Waals surface area contributed by atoms with Crippen molar-refractivity contribution in [2.45, 2.75) is 13.0 Å². The molecular weight excluding hydrogens is 419 g/mol. The van der Waals surface area contributed by atoms with Gasteiger partial charge in [0.15, 0.2) is 0 Å². The summed E-state index contributed by atoms with van der Waals surface area (Å²) in [6, 6.07) is 11.6. The monoisotopic (exact) mass is 432 g/mol. The minimum Gasteiger partial charge on any atom is -0.497 e. The number of rotatable bonds is 3. The molecule has 0 saturated carbocycles. The standard InChI is InChI=1S/C15H14BrIO2/c1-9-4-3-5-12(14(9)17)15(18)11-7-6-10(19-2)8-13(11)16/h3-8,15,18H,1-2H3. The summed E-state index contributed by atoms with van der Waals surface area (Å²) in [7, 11) is 1.63. The summed E-state index contributed by atoms with van der Waals surface area (Å²) in [5.41, 5.74) is 2.93. The van der Waals surface area contributed by atoms with Crippen LogP contribution >= 0.6 is 38.5 Å². The van der Waals surface area contributed by atoms with E-state index in [9.17, 15) is 5.11 Å². The summed E-state index contributed by atoms with van der Waals surface area (Å²) in [5.74, 6) is 0.766. The first-order valence-corrected chi connectivity index (χ1v) is 7.68. The zero-order valence-electron chi connectivity index (χ0n) is 10.7. The van der Waals surface area contributed by atoms with Crippen LogP contribution in [0.3, 0.4) is 0 Å². The van der Waals surface area contributed by atoms with E-state index in [1.54, 1.807) is 7.11 Å². The van der Waals surface area contributed by atoms with Gasteiger partial charge in [-0.2, -0.15) is 0 Å². The highest BCUT2D eigenvalue weighted by Gasteiger charge is 2.17. The molecule has 2 aromatic carbocycles. The van der Waals surface area contributed by atoms with Crippen LogP contribution in [-0.4, -0.2) is 12.2 Å². The van der Waals surface area contributed by atoms with Crippen LogP contribution in [0, 0.1) is 10.5 Å². The van der Waals surface area contributed by atoms with E-state index < -0.39 is 6.10 Å². The van der Waals surface area contributed by atoms with Gasteiger partial charge < -0.3 is 9.84 Å². The summed E-state index contributed by atoms with van der Waals surface area (Å²) < 4.78 is 7.10. The average molecular weight is 433 g/mol. The third-order valence-electron chi connectivity index (χ3n) is 3.02. The topological polar surface area (TPSA) is 29.5 Å². The first-order valence-electron chi connectivity index (χ1n) is 5.81. The van der Waals surface area contributed by atoms with E-state index in [1.165, 1.54) is 5.56 Å². The number of aliphatic hydroxyl groups is 1. The van der Waals surface area contributed by atoms with Crippen LogP contribution in [0.4, 0.5) is 0 Å². The quantitative estimate of drug-likeness (QED) is 0.726. The third-order valence-corrected chi connectivity index (χ3v) is 5.18. The maximum absolute atomic E-state index is 10.6. The molecule has 0 aliphatic rings. The van der Waals surface area contributed by atoms with E-state index in [-0.39, 0.29) is 0 Å². The molecule has 19 heavy (non-hydrogen) atoms. The number of methoxy groups -OCH3 is 1. The van der Waals surface area contributed by atoms with Crippen molar-refractivity contribution >= 4 is 38.5 Å².